The van der Waals surface area contributed by atoms with Crippen LogP contribution < -0.4 is 10.2 Å². The Hall–Kier alpha value is -0.540. The highest BCUT2D eigenvalue weighted by atomic mass is 79.9. The first-order valence-electron chi connectivity index (χ1n) is 7.36. The van der Waals surface area contributed by atoms with Gasteiger partial charge in [-0.05, 0) is 37.1 Å². The zero-order chi connectivity index (χ0) is 14.3. The number of benzene rings is 1. The first-order chi connectivity index (χ1) is 9.12. The van der Waals surface area contributed by atoms with E-state index in [9.17, 15) is 0 Å². The molecule has 0 aromatic heterocycles. The van der Waals surface area contributed by atoms with Gasteiger partial charge in [-0.3, -0.25) is 0 Å². The summed E-state index contributed by atoms with van der Waals surface area (Å²) in [4.78, 5) is 2.49. The van der Waals surface area contributed by atoms with E-state index in [4.69, 9.17) is 0 Å². The van der Waals surface area contributed by atoms with Crippen LogP contribution in [0.3, 0.4) is 0 Å². The summed E-state index contributed by atoms with van der Waals surface area (Å²) in [7, 11) is 0. The number of hydrogen-bond acceptors (Lipinski definition) is 2. The third-order valence-electron chi connectivity index (χ3n) is 3.56. The highest BCUT2D eigenvalue weighted by Gasteiger charge is 2.12. The molecule has 3 heteroatoms. The predicted octanol–water partition coefficient (Wildman–Crippen LogP) is 4.43. The summed E-state index contributed by atoms with van der Waals surface area (Å²) in [5.41, 5.74) is 2.74. The zero-order valence-electron chi connectivity index (χ0n) is 12.7. The minimum atomic E-state index is 0.728. The van der Waals surface area contributed by atoms with Gasteiger partial charge in [0.25, 0.3) is 0 Å². The molecule has 19 heavy (non-hydrogen) atoms. The zero-order valence-corrected chi connectivity index (χ0v) is 14.3. The lowest BCUT2D eigenvalue weighted by molar-refractivity contribution is 0.546. The topological polar surface area (TPSA) is 15.3 Å². The van der Waals surface area contributed by atoms with Crippen LogP contribution in [0.5, 0.6) is 0 Å². The van der Waals surface area contributed by atoms with Crippen LogP contribution in [-0.4, -0.2) is 19.6 Å². The van der Waals surface area contributed by atoms with E-state index in [0.29, 0.717) is 0 Å². The first-order valence-corrected chi connectivity index (χ1v) is 8.15. The van der Waals surface area contributed by atoms with Crippen molar-refractivity contribution < 1.29 is 0 Å². The molecule has 1 rings (SSSR count). The summed E-state index contributed by atoms with van der Waals surface area (Å²) in [6.07, 6.45) is 1.23. The second kappa shape index (κ2) is 8.60. The van der Waals surface area contributed by atoms with E-state index >= 15 is 0 Å². The summed E-state index contributed by atoms with van der Waals surface area (Å²) in [5.74, 6) is 0.728. The SMILES string of the molecule is CCNCc1ccc(Br)cc1N(CC)CC(C)CC. The summed E-state index contributed by atoms with van der Waals surface area (Å²) in [6, 6.07) is 6.60. The van der Waals surface area contributed by atoms with Crippen LogP contribution >= 0.6 is 15.9 Å². The second-order valence-corrected chi connectivity index (χ2v) is 6.02. The van der Waals surface area contributed by atoms with E-state index in [1.807, 2.05) is 0 Å². The summed E-state index contributed by atoms with van der Waals surface area (Å²) >= 11 is 3.60. The molecule has 0 heterocycles. The monoisotopic (exact) mass is 326 g/mol. The van der Waals surface area contributed by atoms with Crippen LogP contribution in [0.4, 0.5) is 5.69 Å². The molecule has 2 nitrogen and oxygen atoms in total. The molecule has 1 N–H and O–H groups in total. The Morgan fingerprint density at radius 2 is 2.00 bits per heavy atom. The average molecular weight is 327 g/mol. The van der Waals surface area contributed by atoms with E-state index < -0.39 is 0 Å². The summed E-state index contributed by atoms with van der Waals surface area (Å²) in [5, 5.41) is 3.43. The minimum absolute atomic E-state index is 0.728. The van der Waals surface area contributed by atoms with Crippen molar-refractivity contribution in [1.29, 1.82) is 0 Å². The Balaban J connectivity index is 2.95. The van der Waals surface area contributed by atoms with Gasteiger partial charge in [-0.25, -0.2) is 0 Å². The molecule has 0 bridgehead atoms. The number of anilines is 1. The standard InChI is InChI=1S/C16H27BrN2/c1-5-13(4)12-19(7-3)16-10-15(17)9-8-14(16)11-18-6-2/h8-10,13,18H,5-7,11-12H2,1-4H3. The van der Waals surface area contributed by atoms with Crippen LogP contribution in [0.2, 0.25) is 0 Å². The van der Waals surface area contributed by atoms with Crippen molar-refractivity contribution in [3.63, 3.8) is 0 Å². The van der Waals surface area contributed by atoms with Gasteiger partial charge < -0.3 is 10.2 Å². The van der Waals surface area contributed by atoms with Crippen molar-refractivity contribution in [1.82, 2.24) is 5.32 Å². The maximum atomic E-state index is 3.60. The van der Waals surface area contributed by atoms with Crippen molar-refractivity contribution in [2.75, 3.05) is 24.5 Å². The van der Waals surface area contributed by atoms with Gasteiger partial charge in [0.05, 0.1) is 0 Å². The fourth-order valence-corrected chi connectivity index (χ4v) is 2.49. The van der Waals surface area contributed by atoms with E-state index in [2.05, 4.69) is 72.0 Å². The van der Waals surface area contributed by atoms with Crippen LogP contribution in [0.1, 0.15) is 39.7 Å². The number of nitrogens with zero attached hydrogens (tertiary/aromatic N) is 1. The molecule has 0 saturated heterocycles. The third kappa shape index (κ3) is 5.15. The number of rotatable bonds is 8. The molecule has 1 atom stereocenters. The van der Waals surface area contributed by atoms with Crippen molar-refractivity contribution in [3.8, 4) is 0 Å². The van der Waals surface area contributed by atoms with Gasteiger partial charge in [0.15, 0.2) is 0 Å². The van der Waals surface area contributed by atoms with Crippen LogP contribution in [-0.2, 0) is 6.54 Å². The lowest BCUT2D eigenvalue weighted by atomic mass is 10.1. The number of hydrogen-bond donors (Lipinski definition) is 1. The molecule has 0 spiro atoms. The molecule has 0 aliphatic rings. The van der Waals surface area contributed by atoms with Gasteiger partial charge in [0.2, 0.25) is 0 Å². The molecule has 0 saturated carbocycles. The maximum Gasteiger partial charge on any atom is 0.0423 e. The predicted molar refractivity (Wildman–Crippen MR) is 88.9 cm³/mol. The smallest absolute Gasteiger partial charge is 0.0423 e. The van der Waals surface area contributed by atoms with Gasteiger partial charge in [0, 0.05) is 29.8 Å². The quantitative estimate of drug-likeness (QED) is 0.760. The van der Waals surface area contributed by atoms with Gasteiger partial charge in [-0.1, -0.05) is 49.2 Å². The largest absolute Gasteiger partial charge is 0.371 e. The second-order valence-electron chi connectivity index (χ2n) is 5.11. The molecule has 108 valence electrons. The lowest BCUT2D eigenvalue weighted by Gasteiger charge is -2.28. The van der Waals surface area contributed by atoms with Crippen molar-refractivity contribution >= 4 is 21.6 Å². The molecule has 1 unspecified atom stereocenters. The molecule has 0 amide bonds. The maximum absolute atomic E-state index is 3.60. The normalized spacial score (nSPS) is 12.5. The summed E-state index contributed by atoms with van der Waals surface area (Å²) < 4.78 is 1.16. The van der Waals surface area contributed by atoms with E-state index in [1.54, 1.807) is 0 Å². The molecule has 0 fully saturated rings. The van der Waals surface area contributed by atoms with Gasteiger partial charge in [-0.15, -0.1) is 0 Å². The van der Waals surface area contributed by atoms with E-state index in [0.717, 1.165) is 36.6 Å². The van der Waals surface area contributed by atoms with E-state index in [-0.39, 0.29) is 0 Å². The molecule has 0 radical (unpaired) electrons. The Bertz CT molecular complexity index is 379. The van der Waals surface area contributed by atoms with E-state index in [1.165, 1.54) is 17.7 Å². The Morgan fingerprint density at radius 1 is 1.26 bits per heavy atom. The van der Waals surface area contributed by atoms with Gasteiger partial charge in [0.1, 0.15) is 0 Å². The number of halogens is 1. The molecule has 0 aliphatic carbocycles. The van der Waals surface area contributed by atoms with Crippen molar-refractivity contribution in [2.45, 2.75) is 40.7 Å². The third-order valence-corrected chi connectivity index (χ3v) is 4.06. The molecule has 1 aromatic rings. The van der Waals surface area contributed by atoms with Crippen molar-refractivity contribution in [3.05, 3.63) is 28.2 Å². The lowest BCUT2D eigenvalue weighted by Crippen LogP contribution is -2.29. The minimum Gasteiger partial charge on any atom is -0.371 e. The van der Waals surface area contributed by atoms with Crippen LogP contribution in [0.25, 0.3) is 0 Å². The molecular formula is C16H27BrN2. The number of nitrogens with one attached hydrogen (secondary N) is 1. The van der Waals surface area contributed by atoms with Gasteiger partial charge in [-0.2, -0.15) is 0 Å². The molecular weight excluding hydrogens is 300 g/mol. The fraction of sp³-hybridized carbons (Fsp3) is 0.625. The average Bonchev–Trinajstić information content (AvgIpc) is 2.43. The molecule has 0 aliphatic heterocycles. The highest BCUT2D eigenvalue weighted by Crippen LogP contribution is 2.26. The first kappa shape index (κ1) is 16.5. The Kier molecular flexibility index (Phi) is 7.47. The Labute approximate surface area is 126 Å². The van der Waals surface area contributed by atoms with Gasteiger partial charge >= 0.3 is 0 Å². The molecule has 1 aromatic carbocycles. The van der Waals surface area contributed by atoms with Crippen LogP contribution in [0.15, 0.2) is 22.7 Å². The summed E-state index contributed by atoms with van der Waals surface area (Å²) in [6.45, 7) is 13.1. The van der Waals surface area contributed by atoms with Crippen molar-refractivity contribution in [2.24, 2.45) is 5.92 Å². The Morgan fingerprint density at radius 3 is 2.58 bits per heavy atom. The van der Waals surface area contributed by atoms with Crippen LogP contribution in [0, 0.1) is 5.92 Å². The highest BCUT2D eigenvalue weighted by molar-refractivity contribution is 9.10. The fourth-order valence-electron chi connectivity index (χ4n) is 2.14.